The first-order valence-corrected chi connectivity index (χ1v) is 15.1. The number of aliphatic imine (C=N–C) groups is 1. The number of imidazole rings is 1. The number of hydrogen-bond donors (Lipinski definition) is 1. The molecule has 0 atom stereocenters. The van der Waals surface area contributed by atoms with Gasteiger partial charge in [0, 0.05) is 52.3 Å². The summed E-state index contributed by atoms with van der Waals surface area (Å²) in [5.74, 6) is -0.180. The Labute approximate surface area is 257 Å². The molecule has 44 heavy (non-hydrogen) atoms. The van der Waals surface area contributed by atoms with Gasteiger partial charge in [-0.15, -0.1) is 0 Å². The van der Waals surface area contributed by atoms with Gasteiger partial charge in [0.1, 0.15) is 22.6 Å². The van der Waals surface area contributed by atoms with Crippen molar-refractivity contribution in [2.75, 3.05) is 21.3 Å². The zero-order valence-corrected chi connectivity index (χ0v) is 26.8. The molecule has 5 rings (SSSR count). The number of ketones is 1. The summed E-state index contributed by atoms with van der Waals surface area (Å²) in [5, 5.41) is 2.03. The molecule has 0 saturated heterocycles. The number of ether oxygens (including phenoxy) is 3. The summed E-state index contributed by atoms with van der Waals surface area (Å²) < 4.78 is 19.7. The molecule has 1 N–H and O–H groups in total. The average Bonchev–Trinajstić information content (AvgIpc) is 3.89. The third kappa shape index (κ3) is 6.43. The fourth-order valence-electron chi connectivity index (χ4n) is 5.54. The van der Waals surface area contributed by atoms with E-state index in [0.717, 1.165) is 47.1 Å². The van der Waals surface area contributed by atoms with Crippen molar-refractivity contribution in [2.24, 2.45) is 12.0 Å². The SMILES string of the molecule is CCn1c(C(=O)N(C2CC2)C2CC2)cc2c3c(ncn3C)c(N=C(CC(=O)C(OC)OC)NN(C)C(=O)OC(C)(C)C)cc21. The van der Waals surface area contributed by atoms with E-state index in [4.69, 9.17) is 19.2 Å². The number of nitrogens with zero attached hydrogens (tertiary/aromatic N) is 6. The lowest BCUT2D eigenvalue weighted by Crippen LogP contribution is -2.46. The third-order valence-electron chi connectivity index (χ3n) is 7.75. The summed E-state index contributed by atoms with van der Waals surface area (Å²) in [6.07, 6.45) is 3.92. The van der Waals surface area contributed by atoms with Crippen molar-refractivity contribution in [1.29, 1.82) is 0 Å². The number of methoxy groups -OCH3 is 2. The van der Waals surface area contributed by atoms with Gasteiger partial charge in [0.25, 0.3) is 5.91 Å². The Morgan fingerprint density at radius 2 is 1.75 bits per heavy atom. The van der Waals surface area contributed by atoms with Crippen molar-refractivity contribution in [3.63, 3.8) is 0 Å². The Morgan fingerprint density at radius 1 is 1.11 bits per heavy atom. The first-order chi connectivity index (χ1) is 20.9. The van der Waals surface area contributed by atoms with Gasteiger partial charge >= 0.3 is 6.09 Å². The Balaban J connectivity index is 1.61. The van der Waals surface area contributed by atoms with Crippen LogP contribution in [-0.4, -0.2) is 92.9 Å². The molecule has 0 radical (unpaired) electrons. The maximum Gasteiger partial charge on any atom is 0.428 e. The van der Waals surface area contributed by atoms with Crippen molar-refractivity contribution in [3.05, 3.63) is 24.2 Å². The minimum absolute atomic E-state index is 0.0607. The van der Waals surface area contributed by atoms with E-state index in [-0.39, 0.29) is 18.2 Å². The van der Waals surface area contributed by atoms with Crippen LogP contribution in [-0.2, 0) is 32.6 Å². The quantitative estimate of drug-likeness (QED) is 0.156. The van der Waals surface area contributed by atoms with E-state index < -0.39 is 23.8 Å². The van der Waals surface area contributed by atoms with Crippen molar-refractivity contribution in [3.8, 4) is 0 Å². The number of carbonyl (C=O) groups is 3. The molecule has 2 amide bonds. The molecular weight excluding hydrogens is 566 g/mol. The van der Waals surface area contributed by atoms with Gasteiger partial charge in [-0.25, -0.2) is 19.8 Å². The summed E-state index contributed by atoms with van der Waals surface area (Å²) in [7, 11) is 6.14. The molecule has 2 fully saturated rings. The highest BCUT2D eigenvalue weighted by atomic mass is 16.7. The van der Waals surface area contributed by atoms with Crippen molar-refractivity contribution in [2.45, 2.75) is 90.3 Å². The Morgan fingerprint density at radius 3 is 2.30 bits per heavy atom. The minimum atomic E-state index is -1.11. The number of nitrogens with one attached hydrogen (secondary N) is 1. The average molecular weight is 610 g/mol. The summed E-state index contributed by atoms with van der Waals surface area (Å²) >= 11 is 0. The molecule has 2 aliphatic rings. The lowest BCUT2D eigenvalue weighted by Gasteiger charge is -2.26. The molecular formula is C31H43N7O6. The van der Waals surface area contributed by atoms with E-state index >= 15 is 0 Å². The Kier molecular flexibility index (Phi) is 8.72. The first kappa shape index (κ1) is 31.5. The van der Waals surface area contributed by atoms with Crippen LogP contribution in [0.2, 0.25) is 0 Å². The van der Waals surface area contributed by atoms with Gasteiger partial charge in [-0.2, -0.15) is 0 Å². The second kappa shape index (κ2) is 12.2. The number of amidine groups is 1. The highest BCUT2D eigenvalue weighted by Gasteiger charge is 2.43. The third-order valence-corrected chi connectivity index (χ3v) is 7.75. The number of aromatic nitrogens is 3. The molecule has 2 aliphatic carbocycles. The number of carbonyl (C=O) groups excluding carboxylic acids is 3. The van der Waals surface area contributed by atoms with Crippen molar-refractivity contribution >= 4 is 51.2 Å². The molecule has 0 bridgehead atoms. The summed E-state index contributed by atoms with van der Waals surface area (Å²) in [6, 6.07) is 4.50. The van der Waals surface area contributed by atoms with Crippen LogP contribution in [0.3, 0.4) is 0 Å². The number of Topliss-reactive ketones (excluding diaryl/α,β-unsaturated/α-hetero) is 1. The number of hydrazine groups is 1. The molecule has 0 aliphatic heterocycles. The van der Waals surface area contributed by atoms with Gasteiger partial charge in [-0.1, -0.05) is 0 Å². The van der Waals surface area contributed by atoms with Gasteiger partial charge in [0.15, 0.2) is 5.78 Å². The van der Waals surface area contributed by atoms with Gasteiger partial charge < -0.3 is 28.2 Å². The van der Waals surface area contributed by atoms with Crippen molar-refractivity contribution in [1.82, 2.24) is 29.5 Å². The van der Waals surface area contributed by atoms with Crippen molar-refractivity contribution < 1.29 is 28.6 Å². The molecule has 13 nitrogen and oxygen atoms in total. The van der Waals surface area contributed by atoms with Crippen LogP contribution >= 0.6 is 0 Å². The zero-order chi connectivity index (χ0) is 31.9. The molecule has 13 heteroatoms. The molecule has 3 aromatic rings. The standard InChI is InChI=1S/C31H43N7O6/c1-9-37-22-15-21(33-25(16-24(39)29(42-7)43-8)34-36(6)30(41)44-31(2,3)4)26-27(35(5)17-32-26)20(22)14-23(37)28(40)38(18-10-11-18)19-12-13-19/h14-15,17-19,29H,9-13,16H2,1-8H3,(H,33,34). The number of fused-ring (bicyclic) bond motifs is 3. The molecule has 2 saturated carbocycles. The number of aryl methyl sites for hydroxylation is 2. The monoisotopic (exact) mass is 609 g/mol. The lowest BCUT2D eigenvalue weighted by atomic mass is 10.1. The molecule has 0 unspecified atom stereocenters. The number of hydrogen-bond acceptors (Lipinski definition) is 8. The van der Waals surface area contributed by atoms with Crippen LogP contribution < -0.4 is 5.43 Å². The highest BCUT2D eigenvalue weighted by molar-refractivity contribution is 6.13. The minimum Gasteiger partial charge on any atom is -0.442 e. The molecule has 1 aromatic carbocycles. The predicted molar refractivity (Wildman–Crippen MR) is 166 cm³/mol. The fraction of sp³-hybridized carbons (Fsp3) is 0.581. The van der Waals surface area contributed by atoms with Crippen LogP contribution in [0.25, 0.3) is 21.9 Å². The molecule has 2 heterocycles. The van der Waals surface area contributed by atoms with E-state index in [1.165, 1.54) is 21.3 Å². The number of benzene rings is 1. The maximum absolute atomic E-state index is 13.9. The normalized spacial score (nSPS) is 15.7. The van der Waals surface area contributed by atoms with Gasteiger partial charge in [0.05, 0.1) is 29.5 Å². The predicted octanol–water partition coefficient (Wildman–Crippen LogP) is 4.29. The van der Waals surface area contributed by atoms with Gasteiger partial charge in [0.2, 0.25) is 6.29 Å². The molecule has 2 aromatic heterocycles. The Hall–Kier alpha value is -3.97. The van der Waals surface area contributed by atoms with Gasteiger partial charge in [-0.05, 0) is 65.5 Å². The second-order valence-electron chi connectivity index (χ2n) is 12.5. The first-order valence-electron chi connectivity index (χ1n) is 15.1. The van der Waals surface area contributed by atoms with Crippen LogP contribution in [0.5, 0.6) is 0 Å². The van der Waals surface area contributed by atoms with E-state index in [0.29, 0.717) is 35.5 Å². The van der Waals surface area contributed by atoms with Crippen LogP contribution in [0.1, 0.15) is 70.3 Å². The fourth-order valence-corrected chi connectivity index (χ4v) is 5.54. The van der Waals surface area contributed by atoms with Crippen LogP contribution in [0.4, 0.5) is 10.5 Å². The number of amides is 2. The summed E-state index contributed by atoms with van der Waals surface area (Å²) in [5.41, 5.74) is 5.55. The highest BCUT2D eigenvalue weighted by Crippen LogP contribution is 2.40. The van der Waals surface area contributed by atoms with E-state index in [9.17, 15) is 14.4 Å². The van der Waals surface area contributed by atoms with E-state index in [1.54, 1.807) is 27.1 Å². The lowest BCUT2D eigenvalue weighted by molar-refractivity contribution is -0.155. The van der Waals surface area contributed by atoms with E-state index in [1.807, 2.05) is 35.2 Å². The second-order valence-corrected chi connectivity index (χ2v) is 12.5. The van der Waals surface area contributed by atoms with Gasteiger partial charge in [-0.3, -0.25) is 15.0 Å². The maximum atomic E-state index is 13.9. The topological polar surface area (TPSA) is 133 Å². The Bertz CT molecular complexity index is 1590. The molecule has 238 valence electrons. The summed E-state index contributed by atoms with van der Waals surface area (Å²) in [4.78, 5) is 51.3. The largest absolute Gasteiger partial charge is 0.442 e. The molecule has 0 spiro atoms. The zero-order valence-electron chi connectivity index (χ0n) is 26.8. The number of rotatable bonds is 10. The summed E-state index contributed by atoms with van der Waals surface area (Å²) in [6.45, 7) is 7.89. The van der Waals surface area contributed by atoms with Crippen LogP contribution in [0.15, 0.2) is 23.5 Å². The van der Waals surface area contributed by atoms with E-state index in [2.05, 4.69) is 15.3 Å². The van der Waals surface area contributed by atoms with Crippen LogP contribution in [0, 0.1) is 0 Å². The smallest absolute Gasteiger partial charge is 0.428 e.